The minimum Gasteiger partial charge on any atom is -0.457 e. The maximum absolute atomic E-state index is 14.5. The van der Waals surface area contributed by atoms with E-state index >= 15 is 0 Å². The summed E-state index contributed by atoms with van der Waals surface area (Å²) in [6.07, 6.45) is -0.434. The number of alkyl halides is 1. The van der Waals surface area contributed by atoms with Crippen LogP contribution in [-0.2, 0) is 14.3 Å². The summed E-state index contributed by atoms with van der Waals surface area (Å²) >= 11 is 6.15. The molecule has 3 aromatic rings. The van der Waals surface area contributed by atoms with Gasteiger partial charge in [-0.3, -0.25) is 14.5 Å². The fraction of sp³-hybridized carbons (Fsp3) is 0.400. The van der Waals surface area contributed by atoms with Crippen LogP contribution in [0.25, 0.3) is 0 Å². The number of para-hydroxylation sites is 1. The molecule has 240 valence electrons. The second-order valence-corrected chi connectivity index (χ2v) is 12.8. The van der Waals surface area contributed by atoms with Gasteiger partial charge in [-0.25, -0.2) is 9.18 Å². The van der Waals surface area contributed by atoms with Gasteiger partial charge in [-0.15, -0.1) is 11.6 Å². The van der Waals surface area contributed by atoms with Gasteiger partial charge < -0.3 is 19.3 Å². The number of carbonyl (C=O) groups excluding carboxylic acids is 3. The van der Waals surface area contributed by atoms with Crippen LogP contribution in [0.2, 0.25) is 0 Å². The average Bonchev–Trinajstić information content (AvgIpc) is 2.99. The second kappa shape index (κ2) is 14.3. The van der Waals surface area contributed by atoms with Gasteiger partial charge in [0.15, 0.2) is 0 Å². The van der Waals surface area contributed by atoms with Crippen molar-refractivity contribution >= 4 is 35.2 Å². The number of hydrogen-bond donors (Lipinski definition) is 0. The molecular formula is C35H41ClFN3O5. The number of anilines is 1. The largest absolute Gasteiger partial charge is 0.457 e. The molecule has 1 saturated heterocycles. The Labute approximate surface area is 269 Å². The molecular weight excluding hydrogens is 597 g/mol. The number of piperazine rings is 1. The number of nitrogens with zero attached hydrogens (tertiary/aromatic N) is 3. The third kappa shape index (κ3) is 8.34. The third-order valence-electron chi connectivity index (χ3n) is 7.60. The molecule has 0 aromatic heterocycles. The molecule has 3 amide bonds. The van der Waals surface area contributed by atoms with Crippen LogP contribution in [0.15, 0.2) is 72.8 Å². The Bertz CT molecular complexity index is 1490. The Morgan fingerprint density at radius 1 is 0.978 bits per heavy atom. The Hall–Kier alpha value is -4.11. The first-order valence-corrected chi connectivity index (χ1v) is 15.6. The first-order chi connectivity index (χ1) is 21.3. The summed E-state index contributed by atoms with van der Waals surface area (Å²) in [5.74, 6) is -0.479. The fourth-order valence-electron chi connectivity index (χ4n) is 5.42. The van der Waals surface area contributed by atoms with Crippen LogP contribution < -0.4 is 9.64 Å². The summed E-state index contributed by atoms with van der Waals surface area (Å²) in [6, 6.07) is 18.6. The van der Waals surface area contributed by atoms with E-state index < -0.39 is 29.5 Å². The molecule has 0 radical (unpaired) electrons. The highest BCUT2D eigenvalue weighted by Crippen LogP contribution is 2.36. The molecule has 2 atom stereocenters. The molecule has 3 aromatic carbocycles. The Balaban J connectivity index is 1.71. The van der Waals surface area contributed by atoms with Gasteiger partial charge in [0.05, 0.1) is 6.04 Å². The maximum atomic E-state index is 14.5. The summed E-state index contributed by atoms with van der Waals surface area (Å²) in [7, 11) is 0. The van der Waals surface area contributed by atoms with E-state index in [0.717, 1.165) is 0 Å². The van der Waals surface area contributed by atoms with Gasteiger partial charge in [-0.05, 0) is 87.2 Å². The van der Waals surface area contributed by atoms with Gasteiger partial charge in [-0.2, -0.15) is 0 Å². The molecule has 0 spiro atoms. The van der Waals surface area contributed by atoms with Crippen molar-refractivity contribution < 1.29 is 28.2 Å². The molecule has 8 nitrogen and oxygen atoms in total. The molecule has 0 saturated carbocycles. The maximum Gasteiger partial charge on any atom is 0.410 e. The van der Waals surface area contributed by atoms with E-state index in [1.54, 1.807) is 28.0 Å². The SMILES string of the molecule is Cc1cc(Oc2ccccc2)ccc1N(C(=O)CCl)[C@@H](C(=O)N1CCN(C(=O)OC(C)(C)C)[C@@H](C(C)C)C1)c1ccc(F)cc1. The summed E-state index contributed by atoms with van der Waals surface area (Å²) in [4.78, 5) is 46.0. The minimum absolute atomic E-state index is 0.0115. The van der Waals surface area contributed by atoms with E-state index in [2.05, 4.69) is 0 Å². The van der Waals surface area contributed by atoms with Gasteiger partial charge in [0.25, 0.3) is 5.91 Å². The average molecular weight is 638 g/mol. The highest BCUT2D eigenvalue weighted by Gasteiger charge is 2.41. The number of hydrogen-bond acceptors (Lipinski definition) is 5. The van der Waals surface area contributed by atoms with Crippen LogP contribution in [0.1, 0.15) is 51.8 Å². The number of carbonyl (C=O) groups is 3. The first kappa shape index (κ1) is 33.8. The zero-order valence-corrected chi connectivity index (χ0v) is 27.4. The molecule has 0 aliphatic carbocycles. The van der Waals surface area contributed by atoms with E-state index in [-0.39, 0.29) is 43.4 Å². The molecule has 10 heteroatoms. The van der Waals surface area contributed by atoms with E-state index in [1.807, 2.05) is 71.9 Å². The van der Waals surface area contributed by atoms with Gasteiger partial charge in [0, 0.05) is 25.3 Å². The highest BCUT2D eigenvalue weighted by molar-refractivity contribution is 6.30. The number of amides is 3. The summed E-state index contributed by atoms with van der Waals surface area (Å²) in [6.45, 7) is 12.0. The van der Waals surface area contributed by atoms with Crippen LogP contribution in [0.5, 0.6) is 11.5 Å². The summed E-state index contributed by atoms with van der Waals surface area (Å²) in [5, 5.41) is 0. The van der Waals surface area contributed by atoms with E-state index in [0.29, 0.717) is 28.3 Å². The van der Waals surface area contributed by atoms with Crippen LogP contribution in [0, 0.1) is 18.7 Å². The van der Waals surface area contributed by atoms with Gasteiger partial charge >= 0.3 is 6.09 Å². The predicted octanol–water partition coefficient (Wildman–Crippen LogP) is 7.34. The zero-order chi connectivity index (χ0) is 32.9. The molecule has 1 fully saturated rings. The molecule has 0 N–H and O–H groups in total. The molecule has 0 bridgehead atoms. The standard InChI is InChI=1S/C35H41ClFN3O5/c1-23(2)30-22-38(18-19-39(30)34(43)45-35(4,5)6)33(42)32(25-12-14-26(37)15-13-25)40(31(41)21-36)29-17-16-28(20-24(29)3)44-27-10-8-7-9-11-27/h7-17,20,23,30,32H,18-19,21-22H2,1-6H3/t30-,32-/m1/s1. The number of rotatable bonds is 8. The molecule has 1 aliphatic rings. The van der Waals surface area contributed by atoms with Gasteiger partial charge in [-0.1, -0.05) is 44.2 Å². The van der Waals surface area contributed by atoms with Crippen molar-refractivity contribution in [2.45, 2.75) is 59.2 Å². The first-order valence-electron chi connectivity index (χ1n) is 15.0. The van der Waals surface area contributed by atoms with Crippen LogP contribution in [-0.4, -0.2) is 64.9 Å². The zero-order valence-electron chi connectivity index (χ0n) is 26.6. The van der Waals surface area contributed by atoms with Crippen LogP contribution in [0.3, 0.4) is 0 Å². The number of aryl methyl sites for hydroxylation is 1. The quantitative estimate of drug-likeness (QED) is 0.242. The summed E-state index contributed by atoms with van der Waals surface area (Å²) < 4.78 is 25.7. The lowest BCUT2D eigenvalue weighted by Gasteiger charge is -2.45. The van der Waals surface area contributed by atoms with Crippen molar-refractivity contribution in [3.63, 3.8) is 0 Å². The second-order valence-electron chi connectivity index (χ2n) is 12.5. The van der Waals surface area contributed by atoms with Crippen molar-refractivity contribution in [2.24, 2.45) is 5.92 Å². The smallest absolute Gasteiger partial charge is 0.410 e. The topological polar surface area (TPSA) is 79.4 Å². The monoisotopic (exact) mass is 637 g/mol. The summed E-state index contributed by atoms with van der Waals surface area (Å²) in [5.41, 5.74) is 0.911. The predicted molar refractivity (Wildman–Crippen MR) is 173 cm³/mol. The van der Waals surface area contributed by atoms with Crippen molar-refractivity contribution in [1.82, 2.24) is 9.80 Å². The molecule has 0 unspecified atom stereocenters. The van der Waals surface area contributed by atoms with E-state index in [1.165, 1.54) is 29.2 Å². The molecule has 1 aliphatic heterocycles. The van der Waals surface area contributed by atoms with Gasteiger partial charge in [0.1, 0.15) is 34.8 Å². The van der Waals surface area contributed by atoms with Crippen molar-refractivity contribution in [1.29, 1.82) is 0 Å². The number of ether oxygens (including phenoxy) is 2. The lowest BCUT2D eigenvalue weighted by Crippen LogP contribution is -2.60. The van der Waals surface area contributed by atoms with Crippen molar-refractivity contribution in [2.75, 3.05) is 30.4 Å². The highest BCUT2D eigenvalue weighted by atomic mass is 35.5. The van der Waals surface area contributed by atoms with E-state index in [9.17, 15) is 18.8 Å². The number of halogens is 2. The fourth-order valence-corrected chi connectivity index (χ4v) is 5.55. The molecule has 4 rings (SSSR count). The Morgan fingerprint density at radius 3 is 2.22 bits per heavy atom. The van der Waals surface area contributed by atoms with Crippen LogP contribution >= 0.6 is 11.6 Å². The molecule has 1 heterocycles. The van der Waals surface area contributed by atoms with Crippen molar-refractivity contribution in [3.05, 3.63) is 89.7 Å². The molecule has 45 heavy (non-hydrogen) atoms. The van der Waals surface area contributed by atoms with Crippen LogP contribution in [0.4, 0.5) is 14.9 Å². The minimum atomic E-state index is -1.14. The lowest BCUT2D eigenvalue weighted by atomic mass is 9.97. The normalized spacial score (nSPS) is 15.9. The number of benzene rings is 3. The van der Waals surface area contributed by atoms with Crippen molar-refractivity contribution in [3.8, 4) is 11.5 Å². The Morgan fingerprint density at radius 2 is 1.64 bits per heavy atom. The lowest BCUT2D eigenvalue weighted by molar-refractivity contribution is -0.137. The third-order valence-corrected chi connectivity index (χ3v) is 7.82. The van der Waals surface area contributed by atoms with E-state index in [4.69, 9.17) is 21.1 Å². The van der Waals surface area contributed by atoms with Gasteiger partial charge in [0.2, 0.25) is 5.91 Å². The Kier molecular flexibility index (Phi) is 10.8.